The quantitative estimate of drug-likeness (QED) is 0.766. The molecule has 2 atom stereocenters. The minimum Gasteiger partial charge on any atom is -0.508 e. The molecule has 16 heavy (non-hydrogen) atoms. The Morgan fingerprint density at radius 3 is 2.75 bits per heavy atom. The molecule has 0 aromatic heterocycles. The van der Waals surface area contributed by atoms with E-state index in [1.54, 1.807) is 6.07 Å². The maximum absolute atomic E-state index is 13.5. The summed E-state index contributed by atoms with van der Waals surface area (Å²) in [7, 11) is 0. The summed E-state index contributed by atoms with van der Waals surface area (Å²) >= 11 is 0. The lowest BCUT2D eigenvalue weighted by molar-refractivity contribution is 0.459. The van der Waals surface area contributed by atoms with Crippen LogP contribution in [-0.2, 0) is 0 Å². The summed E-state index contributed by atoms with van der Waals surface area (Å²) in [6.07, 6.45) is 6.12. The zero-order chi connectivity index (χ0) is 12.1. The highest BCUT2D eigenvalue weighted by Gasteiger charge is 2.13. The van der Waals surface area contributed by atoms with Crippen molar-refractivity contribution in [1.82, 2.24) is 5.32 Å². The maximum Gasteiger partial charge on any atom is 0.131 e. The zero-order valence-corrected chi connectivity index (χ0v) is 9.50. The van der Waals surface area contributed by atoms with Crippen LogP contribution in [0.1, 0.15) is 31.9 Å². The first kappa shape index (κ1) is 12.5. The molecule has 0 saturated heterocycles. The van der Waals surface area contributed by atoms with E-state index in [9.17, 15) is 4.39 Å². The van der Waals surface area contributed by atoms with Crippen molar-refractivity contribution in [1.29, 1.82) is 0 Å². The summed E-state index contributed by atoms with van der Waals surface area (Å²) in [5.74, 6) is 2.10. The average molecular weight is 221 g/mol. The number of hydrogen-bond acceptors (Lipinski definition) is 2. The van der Waals surface area contributed by atoms with Crippen molar-refractivity contribution in [3.63, 3.8) is 0 Å². The van der Waals surface area contributed by atoms with Crippen molar-refractivity contribution < 1.29 is 9.50 Å². The van der Waals surface area contributed by atoms with Gasteiger partial charge in [-0.15, -0.1) is 6.42 Å². The van der Waals surface area contributed by atoms with Crippen molar-refractivity contribution in [2.75, 3.05) is 0 Å². The summed E-state index contributed by atoms with van der Waals surface area (Å²) in [5.41, 5.74) is 0.506. The molecule has 0 bridgehead atoms. The normalized spacial score (nSPS) is 14.1. The Labute approximate surface area is 95.5 Å². The Morgan fingerprint density at radius 2 is 2.25 bits per heavy atom. The van der Waals surface area contributed by atoms with Crippen molar-refractivity contribution in [2.24, 2.45) is 0 Å². The van der Waals surface area contributed by atoms with Crippen LogP contribution in [0.15, 0.2) is 18.2 Å². The second-order valence-corrected chi connectivity index (χ2v) is 3.72. The molecule has 0 radical (unpaired) electrons. The van der Waals surface area contributed by atoms with E-state index in [1.807, 2.05) is 13.8 Å². The molecule has 0 heterocycles. The Kier molecular flexibility index (Phi) is 4.33. The molecule has 0 saturated carbocycles. The summed E-state index contributed by atoms with van der Waals surface area (Å²) < 4.78 is 13.5. The molecule has 3 heteroatoms. The highest BCUT2D eigenvalue weighted by Crippen LogP contribution is 2.21. The van der Waals surface area contributed by atoms with Crippen molar-refractivity contribution >= 4 is 0 Å². The predicted octanol–water partition coefficient (Wildman–Crippen LogP) is 2.59. The summed E-state index contributed by atoms with van der Waals surface area (Å²) in [6.45, 7) is 3.81. The first-order valence-electron chi connectivity index (χ1n) is 5.29. The first-order valence-corrected chi connectivity index (χ1v) is 5.29. The minimum absolute atomic E-state index is 0.0665. The number of terminal acetylenes is 1. The SMILES string of the molecule is C#CC(CC)NC(C)c1ccc(O)cc1F. The van der Waals surface area contributed by atoms with Crippen LogP contribution >= 0.6 is 0 Å². The number of phenolic OH excluding ortho intramolecular Hbond substituents is 1. The van der Waals surface area contributed by atoms with E-state index in [0.29, 0.717) is 5.56 Å². The van der Waals surface area contributed by atoms with Crippen LogP contribution in [0.25, 0.3) is 0 Å². The van der Waals surface area contributed by atoms with Crippen molar-refractivity contribution in [2.45, 2.75) is 32.4 Å². The lowest BCUT2D eigenvalue weighted by Gasteiger charge is -2.19. The van der Waals surface area contributed by atoms with Gasteiger partial charge in [0.2, 0.25) is 0 Å². The van der Waals surface area contributed by atoms with Gasteiger partial charge in [0.1, 0.15) is 11.6 Å². The molecule has 1 rings (SSSR count). The minimum atomic E-state index is -0.424. The van der Waals surface area contributed by atoms with Crippen LogP contribution in [0.5, 0.6) is 5.75 Å². The molecule has 2 nitrogen and oxygen atoms in total. The molecular weight excluding hydrogens is 205 g/mol. The summed E-state index contributed by atoms with van der Waals surface area (Å²) in [5, 5.41) is 12.2. The molecule has 0 aliphatic rings. The summed E-state index contributed by atoms with van der Waals surface area (Å²) in [6, 6.07) is 3.88. The molecule has 0 amide bonds. The van der Waals surface area contributed by atoms with Crippen molar-refractivity contribution in [3.8, 4) is 18.1 Å². The number of aromatic hydroxyl groups is 1. The third-order valence-electron chi connectivity index (χ3n) is 2.51. The van der Waals surface area contributed by atoms with E-state index in [1.165, 1.54) is 6.07 Å². The Hall–Kier alpha value is -1.53. The largest absolute Gasteiger partial charge is 0.508 e. The lowest BCUT2D eigenvalue weighted by Crippen LogP contribution is -2.30. The molecule has 0 spiro atoms. The van der Waals surface area contributed by atoms with Gasteiger partial charge in [-0.2, -0.15) is 0 Å². The van der Waals surface area contributed by atoms with Crippen molar-refractivity contribution in [3.05, 3.63) is 29.6 Å². The number of nitrogens with one attached hydrogen (secondary N) is 1. The lowest BCUT2D eigenvalue weighted by atomic mass is 10.1. The molecule has 1 aromatic carbocycles. The smallest absolute Gasteiger partial charge is 0.131 e. The monoisotopic (exact) mass is 221 g/mol. The van der Waals surface area contributed by atoms with E-state index in [-0.39, 0.29) is 17.8 Å². The van der Waals surface area contributed by atoms with E-state index >= 15 is 0 Å². The molecule has 0 fully saturated rings. The highest BCUT2D eigenvalue weighted by molar-refractivity contribution is 5.29. The van der Waals surface area contributed by atoms with Crippen LogP contribution in [-0.4, -0.2) is 11.1 Å². The van der Waals surface area contributed by atoms with Gasteiger partial charge in [-0.1, -0.05) is 18.9 Å². The van der Waals surface area contributed by atoms with E-state index < -0.39 is 5.82 Å². The average Bonchev–Trinajstić information content (AvgIpc) is 2.25. The molecule has 1 aromatic rings. The fraction of sp³-hybridized carbons (Fsp3) is 0.385. The van der Waals surface area contributed by atoms with Gasteiger partial charge in [0.05, 0.1) is 6.04 Å². The van der Waals surface area contributed by atoms with Crippen LogP contribution in [0.3, 0.4) is 0 Å². The van der Waals surface area contributed by atoms with Gasteiger partial charge in [-0.05, 0) is 19.4 Å². The molecule has 0 aliphatic carbocycles. The molecule has 2 unspecified atom stereocenters. The van der Waals surface area contributed by atoms with Gasteiger partial charge in [-0.25, -0.2) is 4.39 Å². The first-order chi connectivity index (χ1) is 7.58. The van der Waals surface area contributed by atoms with Gasteiger partial charge in [0.25, 0.3) is 0 Å². The Balaban J connectivity index is 2.81. The zero-order valence-electron chi connectivity index (χ0n) is 9.50. The summed E-state index contributed by atoms with van der Waals surface area (Å²) in [4.78, 5) is 0. The standard InChI is InChI=1S/C13H16FNO/c1-4-10(5-2)15-9(3)12-7-6-11(16)8-13(12)14/h1,6-10,15-16H,5H2,2-3H3. The number of hydrogen-bond donors (Lipinski definition) is 2. The fourth-order valence-corrected chi connectivity index (χ4v) is 1.54. The Bertz CT molecular complexity index is 397. The van der Waals surface area contributed by atoms with Crippen LogP contribution in [0.4, 0.5) is 4.39 Å². The molecular formula is C13H16FNO. The van der Waals surface area contributed by atoms with E-state index in [2.05, 4.69) is 11.2 Å². The van der Waals surface area contributed by atoms with E-state index in [0.717, 1.165) is 12.5 Å². The third-order valence-corrected chi connectivity index (χ3v) is 2.51. The topological polar surface area (TPSA) is 32.3 Å². The maximum atomic E-state index is 13.5. The van der Waals surface area contributed by atoms with Crippen LogP contribution in [0, 0.1) is 18.2 Å². The predicted molar refractivity (Wildman–Crippen MR) is 62.5 cm³/mol. The van der Waals surface area contributed by atoms with E-state index in [4.69, 9.17) is 11.5 Å². The Morgan fingerprint density at radius 1 is 1.56 bits per heavy atom. The third kappa shape index (κ3) is 2.98. The van der Waals surface area contributed by atoms with Crippen LogP contribution < -0.4 is 5.32 Å². The second kappa shape index (κ2) is 5.53. The highest BCUT2D eigenvalue weighted by atomic mass is 19.1. The van der Waals surface area contributed by atoms with Gasteiger partial charge >= 0.3 is 0 Å². The molecule has 0 aliphatic heterocycles. The number of phenols is 1. The van der Waals surface area contributed by atoms with Gasteiger partial charge in [-0.3, -0.25) is 5.32 Å². The number of rotatable bonds is 4. The van der Waals surface area contributed by atoms with Gasteiger partial charge in [0.15, 0.2) is 0 Å². The van der Waals surface area contributed by atoms with Gasteiger partial charge < -0.3 is 5.11 Å². The molecule has 86 valence electrons. The van der Waals surface area contributed by atoms with Crippen LogP contribution in [0.2, 0.25) is 0 Å². The number of benzene rings is 1. The number of halogens is 1. The fourth-order valence-electron chi connectivity index (χ4n) is 1.54. The molecule has 2 N–H and O–H groups in total. The van der Waals surface area contributed by atoms with Gasteiger partial charge in [0, 0.05) is 17.7 Å². The second-order valence-electron chi connectivity index (χ2n) is 3.72.